The predicted molar refractivity (Wildman–Crippen MR) is 119 cm³/mol. The first-order chi connectivity index (χ1) is 14.1. The highest BCUT2D eigenvalue weighted by molar-refractivity contribution is 8.00. The number of fused-ring (bicyclic) bond motifs is 4. The predicted octanol–water partition coefficient (Wildman–Crippen LogP) is 5.45. The molecule has 1 fully saturated rings. The molecule has 1 aromatic heterocycles. The number of benzene rings is 2. The molecule has 0 spiro atoms. The van der Waals surface area contributed by atoms with Gasteiger partial charge in [-0.15, -0.1) is 0 Å². The van der Waals surface area contributed by atoms with E-state index in [4.69, 9.17) is 9.84 Å². The first kappa shape index (κ1) is 17.6. The minimum atomic E-state index is -0.284. The topological polar surface area (TPSA) is 30.3 Å². The Balaban J connectivity index is 1.54. The van der Waals surface area contributed by atoms with Gasteiger partial charge in [0.25, 0.3) is 0 Å². The number of rotatable bonds is 3. The molecule has 0 saturated carbocycles. The summed E-state index contributed by atoms with van der Waals surface area (Å²) in [6, 6.07) is 10.8. The van der Waals surface area contributed by atoms with E-state index in [2.05, 4.69) is 65.9 Å². The van der Waals surface area contributed by atoms with E-state index in [1.54, 1.807) is 0 Å². The zero-order valence-corrected chi connectivity index (χ0v) is 17.8. The molecule has 2 aromatic carbocycles. The van der Waals surface area contributed by atoms with Crippen molar-refractivity contribution in [2.24, 2.45) is 0 Å². The number of nitrogens with zero attached hydrogens (tertiary/aromatic N) is 3. The molecular formula is C24H25N3OS. The van der Waals surface area contributed by atoms with E-state index in [0.717, 1.165) is 24.5 Å². The Hall–Kier alpha value is -2.24. The quantitative estimate of drug-likeness (QED) is 0.455. The van der Waals surface area contributed by atoms with Crippen molar-refractivity contribution in [3.05, 3.63) is 42.0 Å². The van der Waals surface area contributed by atoms with E-state index in [9.17, 15) is 0 Å². The first-order valence-corrected chi connectivity index (χ1v) is 11.4. The van der Waals surface area contributed by atoms with Gasteiger partial charge in [-0.1, -0.05) is 36.0 Å². The van der Waals surface area contributed by atoms with Gasteiger partial charge < -0.3 is 9.64 Å². The second-order valence-corrected chi connectivity index (χ2v) is 9.82. The lowest BCUT2D eigenvalue weighted by molar-refractivity contribution is 0.158. The van der Waals surface area contributed by atoms with Crippen LogP contribution in [0.3, 0.4) is 0 Å². The summed E-state index contributed by atoms with van der Waals surface area (Å²) in [5.41, 5.74) is 4.47. The van der Waals surface area contributed by atoms with E-state index in [-0.39, 0.29) is 5.60 Å². The summed E-state index contributed by atoms with van der Waals surface area (Å²) in [6.07, 6.45) is 7.04. The fourth-order valence-corrected chi connectivity index (χ4v) is 5.93. The zero-order chi connectivity index (χ0) is 19.6. The third-order valence-electron chi connectivity index (χ3n) is 6.20. The van der Waals surface area contributed by atoms with Crippen molar-refractivity contribution in [2.75, 3.05) is 19.6 Å². The Labute approximate surface area is 175 Å². The lowest BCUT2D eigenvalue weighted by Gasteiger charge is -2.30. The number of aromatic nitrogens is 2. The van der Waals surface area contributed by atoms with E-state index in [0.29, 0.717) is 0 Å². The minimum Gasteiger partial charge on any atom is -0.483 e. The maximum atomic E-state index is 6.37. The second-order valence-electron chi connectivity index (χ2n) is 8.77. The highest BCUT2D eigenvalue weighted by atomic mass is 32.2. The van der Waals surface area contributed by atoms with Gasteiger partial charge in [-0.3, -0.25) is 4.68 Å². The highest BCUT2D eigenvalue weighted by Crippen LogP contribution is 2.52. The molecule has 0 unspecified atom stereocenters. The molecule has 0 atom stereocenters. The summed E-state index contributed by atoms with van der Waals surface area (Å²) in [7, 11) is 0. The SMILES string of the molecule is CC1(C)C=Cc2c(cc3c4c(nn3CCN3CCCC3)-c3ccccc3Sc24)O1. The Bertz CT molecular complexity index is 1150. The van der Waals surface area contributed by atoms with Gasteiger partial charge in [0.1, 0.15) is 17.0 Å². The Morgan fingerprint density at radius 2 is 1.97 bits per heavy atom. The number of hydrogen-bond donors (Lipinski definition) is 0. The lowest BCUT2D eigenvalue weighted by atomic mass is 9.99. The monoisotopic (exact) mass is 403 g/mol. The average Bonchev–Trinajstić information content (AvgIpc) is 3.34. The lowest BCUT2D eigenvalue weighted by Crippen LogP contribution is -2.27. The van der Waals surface area contributed by atoms with Gasteiger partial charge in [-0.05, 0) is 51.9 Å². The molecule has 0 N–H and O–H groups in total. The molecule has 4 nitrogen and oxygen atoms in total. The van der Waals surface area contributed by atoms with Crippen LogP contribution in [-0.2, 0) is 6.54 Å². The Morgan fingerprint density at radius 1 is 1.14 bits per heavy atom. The molecule has 29 heavy (non-hydrogen) atoms. The van der Waals surface area contributed by atoms with Gasteiger partial charge in [0.2, 0.25) is 0 Å². The van der Waals surface area contributed by atoms with Crippen molar-refractivity contribution in [3.8, 4) is 17.0 Å². The Kier molecular flexibility index (Phi) is 3.87. The summed E-state index contributed by atoms with van der Waals surface area (Å²) in [4.78, 5) is 5.11. The summed E-state index contributed by atoms with van der Waals surface area (Å²) >= 11 is 1.85. The van der Waals surface area contributed by atoms with E-state index < -0.39 is 0 Å². The van der Waals surface area contributed by atoms with Gasteiger partial charge in [0, 0.05) is 38.9 Å². The third-order valence-corrected chi connectivity index (χ3v) is 7.41. The molecule has 4 heterocycles. The molecule has 5 heteroatoms. The van der Waals surface area contributed by atoms with Crippen molar-refractivity contribution in [1.82, 2.24) is 14.7 Å². The van der Waals surface area contributed by atoms with E-state index in [1.807, 2.05) is 11.8 Å². The summed E-state index contributed by atoms with van der Waals surface area (Å²) in [5, 5.41) is 6.41. The standard InChI is InChI=1S/C24H25N3OS/c1-24(2)10-9-16-19(28-24)15-18-21-22(17-7-3-4-8-20(17)29-23(16)21)25-27(18)14-13-26-11-5-6-12-26/h3-4,7-10,15H,5-6,11-14H2,1-2H3. The molecule has 0 aliphatic carbocycles. The average molecular weight is 404 g/mol. The maximum absolute atomic E-state index is 6.37. The summed E-state index contributed by atoms with van der Waals surface area (Å²) < 4.78 is 8.58. The van der Waals surface area contributed by atoms with Crippen molar-refractivity contribution in [2.45, 2.75) is 48.6 Å². The van der Waals surface area contributed by atoms with Gasteiger partial charge in [-0.2, -0.15) is 5.10 Å². The van der Waals surface area contributed by atoms with Gasteiger partial charge in [0.15, 0.2) is 0 Å². The molecule has 1 saturated heterocycles. The molecule has 0 amide bonds. The van der Waals surface area contributed by atoms with Crippen LogP contribution in [0.4, 0.5) is 0 Å². The largest absolute Gasteiger partial charge is 0.483 e. The number of ether oxygens (including phenoxy) is 1. The zero-order valence-electron chi connectivity index (χ0n) is 16.9. The number of likely N-dealkylation sites (tertiary alicyclic amines) is 1. The molecule has 6 rings (SSSR count). The van der Waals surface area contributed by atoms with Crippen LogP contribution in [0, 0.1) is 0 Å². The van der Waals surface area contributed by atoms with Crippen molar-refractivity contribution < 1.29 is 4.74 Å². The molecule has 3 aliphatic heterocycles. The Morgan fingerprint density at radius 3 is 2.83 bits per heavy atom. The van der Waals surface area contributed by atoms with E-state index in [1.165, 1.54) is 57.8 Å². The van der Waals surface area contributed by atoms with Gasteiger partial charge in [0.05, 0.1) is 12.1 Å². The van der Waals surface area contributed by atoms with Crippen LogP contribution in [0.5, 0.6) is 5.75 Å². The van der Waals surface area contributed by atoms with Crippen LogP contribution in [0.2, 0.25) is 0 Å². The fraction of sp³-hybridized carbons (Fsp3) is 0.375. The summed E-state index contributed by atoms with van der Waals surface area (Å²) in [5.74, 6) is 0.973. The van der Waals surface area contributed by atoms with Crippen LogP contribution in [-0.4, -0.2) is 39.9 Å². The van der Waals surface area contributed by atoms with Crippen LogP contribution in [0.1, 0.15) is 32.3 Å². The van der Waals surface area contributed by atoms with Gasteiger partial charge in [-0.25, -0.2) is 0 Å². The molecular weight excluding hydrogens is 378 g/mol. The van der Waals surface area contributed by atoms with Crippen molar-refractivity contribution in [3.63, 3.8) is 0 Å². The number of hydrogen-bond acceptors (Lipinski definition) is 4. The second kappa shape index (κ2) is 6.38. The van der Waals surface area contributed by atoms with Gasteiger partial charge >= 0.3 is 0 Å². The molecule has 0 bridgehead atoms. The first-order valence-electron chi connectivity index (χ1n) is 10.5. The highest BCUT2D eigenvalue weighted by Gasteiger charge is 2.31. The van der Waals surface area contributed by atoms with Crippen LogP contribution in [0.15, 0.2) is 46.2 Å². The molecule has 0 radical (unpaired) electrons. The molecule has 3 aliphatic rings. The fourth-order valence-electron chi connectivity index (χ4n) is 4.71. The molecule has 148 valence electrons. The van der Waals surface area contributed by atoms with Crippen molar-refractivity contribution >= 4 is 28.7 Å². The van der Waals surface area contributed by atoms with Crippen LogP contribution < -0.4 is 4.74 Å². The molecule has 3 aromatic rings. The summed E-state index contributed by atoms with van der Waals surface area (Å²) in [6.45, 7) is 8.63. The maximum Gasteiger partial charge on any atom is 0.131 e. The minimum absolute atomic E-state index is 0.284. The third kappa shape index (κ3) is 2.82. The van der Waals surface area contributed by atoms with E-state index >= 15 is 0 Å². The van der Waals surface area contributed by atoms with Crippen LogP contribution in [0.25, 0.3) is 28.2 Å². The smallest absolute Gasteiger partial charge is 0.131 e. The van der Waals surface area contributed by atoms with Crippen molar-refractivity contribution in [1.29, 1.82) is 0 Å². The van der Waals surface area contributed by atoms with Crippen LogP contribution >= 0.6 is 11.8 Å². The normalized spacial score (nSPS) is 19.2.